The monoisotopic (exact) mass is 759 g/mol. The van der Waals surface area contributed by atoms with Crippen LogP contribution in [0.3, 0.4) is 0 Å². The van der Waals surface area contributed by atoms with Gasteiger partial charge in [0, 0.05) is 19.3 Å². The molecule has 0 N–H and O–H groups in total. The van der Waals surface area contributed by atoms with Gasteiger partial charge in [-0.2, -0.15) is 0 Å². The van der Waals surface area contributed by atoms with E-state index in [4.69, 9.17) is 14.2 Å². The highest BCUT2D eigenvalue weighted by atomic mass is 16.6. The van der Waals surface area contributed by atoms with Gasteiger partial charge in [0.25, 0.3) is 0 Å². The van der Waals surface area contributed by atoms with Crippen molar-refractivity contribution in [2.45, 2.75) is 239 Å². The lowest BCUT2D eigenvalue weighted by Crippen LogP contribution is -2.30. The first-order valence-electron chi connectivity index (χ1n) is 23.0. The highest BCUT2D eigenvalue weighted by molar-refractivity contribution is 5.71. The van der Waals surface area contributed by atoms with E-state index in [1.54, 1.807) is 0 Å². The third-order valence-corrected chi connectivity index (χ3v) is 9.90. The summed E-state index contributed by atoms with van der Waals surface area (Å²) in [5.74, 6) is -0.941. The van der Waals surface area contributed by atoms with Gasteiger partial charge in [0.2, 0.25) is 0 Å². The van der Waals surface area contributed by atoms with E-state index in [9.17, 15) is 14.4 Å². The van der Waals surface area contributed by atoms with Crippen LogP contribution in [0.1, 0.15) is 233 Å². The van der Waals surface area contributed by atoms with Crippen molar-refractivity contribution in [1.82, 2.24) is 0 Å². The zero-order valence-corrected chi connectivity index (χ0v) is 35.7. The average Bonchev–Trinajstić information content (AvgIpc) is 3.17. The second-order valence-electron chi connectivity index (χ2n) is 15.3. The molecule has 0 aliphatic carbocycles. The number of hydrogen-bond donors (Lipinski definition) is 0. The Morgan fingerprint density at radius 1 is 0.370 bits per heavy atom. The van der Waals surface area contributed by atoms with Gasteiger partial charge >= 0.3 is 17.9 Å². The number of hydrogen-bond acceptors (Lipinski definition) is 6. The molecule has 0 saturated carbocycles. The normalized spacial score (nSPS) is 12.3. The molecule has 0 fully saturated rings. The van der Waals surface area contributed by atoms with Crippen LogP contribution in [-0.2, 0) is 28.6 Å². The number of carbonyl (C=O) groups excluding carboxylic acids is 3. The molecule has 0 saturated heterocycles. The fourth-order valence-electron chi connectivity index (χ4n) is 6.38. The Kier molecular flexibility index (Phi) is 41.5. The van der Waals surface area contributed by atoms with Gasteiger partial charge in [0.1, 0.15) is 13.2 Å². The van der Waals surface area contributed by atoms with Crippen LogP contribution in [0.25, 0.3) is 0 Å². The predicted molar refractivity (Wildman–Crippen MR) is 229 cm³/mol. The summed E-state index contributed by atoms with van der Waals surface area (Å²) in [5, 5.41) is 0. The molecule has 0 heterocycles. The van der Waals surface area contributed by atoms with Crippen molar-refractivity contribution in [3.63, 3.8) is 0 Å². The third-order valence-electron chi connectivity index (χ3n) is 9.90. The molecule has 6 heteroatoms. The molecule has 314 valence electrons. The predicted octanol–water partition coefficient (Wildman–Crippen LogP) is 14.6. The minimum atomic E-state index is -0.786. The Morgan fingerprint density at radius 3 is 1.11 bits per heavy atom. The van der Waals surface area contributed by atoms with Gasteiger partial charge in [-0.1, -0.05) is 186 Å². The maximum atomic E-state index is 12.6. The number of ether oxygens (including phenoxy) is 3. The summed E-state index contributed by atoms with van der Waals surface area (Å²) >= 11 is 0. The van der Waals surface area contributed by atoms with E-state index >= 15 is 0 Å². The Labute approximate surface area is 334 Å². The van der Waals surface area contributed by atoms with Crippen molar-refractivity contribution in [3.8, 4) is 0 Å². The maximum Gasteiger partial charge on any atom is 0.306 e. The first-order valence-corrected chi connectivity index (χ1v) is 23.0. The molecular formula is C48H86O6. The van der Waals surface area contributed by atoms with Crippen molar-refractivity contribution in [1.29, 1.82) is 0 Å². The lowest BCUT2D eigenvalue weighted by atomic mass is 10.1. The number of esters is 3. The molecule has 6 nitrogen and oxygen atoms in total. The van der Waals surface area contributed by atoms with E-state index in [1.165, 1.54) is 116 Å². The molecule has 54 heavy (non-hydrogen) atoms. The molecule has 0 aromatic heterocycles. The minimum Gasteiger partial charge on any atom is -0.462 e. The van der Waals surface area contributed by atoms with Crippen LogP contribution >= 0.6 is 0 Å². The van der Waals surface area contributed by atoms with E-state index in [0.29, 0.717) is 19.3 Å². The van der Waals surface area contributed by atoms with Crippen LogP contribution in [0.4, 0.5) is 0 Å². The van der Waals surface area contributed by atoms with E-state index in [0.717, 1.165) is 70.6 Å². The van der Waals surface area contributed by atoms with Gasteiger partial charge in [-0.15, -0.1) is 0 Å². The highest BCUT2D eigenvalue weighted by Crippen LogP contribution is 2.13. The Balaban J connectivity index is 4.32. The lowest BCUT2D eigenvalue weighted by Gasteiger charge is -2.18. The average molecular weight is 759 g/mol. The smallest absolute Gasteiger partial charge is 0.306 e. The zero-order valence-electron chi connectivity index (χ0n) is 35.7. The van der Waals surface area contributed by atoms with Crippen molar-refractivity contribution in [2.24, 2.45) is 0 Å². The van der Waals surface area contributed by atoms with Gasteiger partial charge in [-0.3, -0.25) is 14.4 Å². The summed E-state index contributed by atoms with van der Waals surface area (Å²) in [6.07, 6.45) is 48.6. The molecule has 0 aromatic carbocycles. The molecule has 0 rings (SSSR count). The van der Waals surface area contributed by atoms with Gasteiger partial charge in [0.05, 0.1) is 0 Å². The fraction of sp³-hybridized carbons (Fsp3) is 0.812. The SMILES string of the molecule is CCCCCC/C=C\CCCC(=O)OC(COC(=O)CCCCCCC/C=C\C=C/CCCCCCCCC)COC(=O)CCCCCCCCCCC. The lowest BCUT2D eigenvalue weighted by molar-refractivity contribution is -0.167. The van der Waals surface area contributed by atoms with E-state index in [-0.39, 0.29) is 37.5 Å². The number of allylic oxidation sites excluding steroid dienone is 6. The molecule has 1 atom stereocenters. The van der Waals surface area contributed by atoms with Gasteiger partial charge in [0.15, 0.2) is 6.10 Å². The summed E-state index contributed by atoms with van der Waals surface area (Å²) < 4.78 is 16.6. The summed E-state index contributed by atoms with van der Waals surface area (Å²) in [5.41, 5.74) is 0. The first kappa shape index (κ1) is 51.6. The third kappa shape index (κ3) is 40.8. The molecular weight excluding hydrogens is 673 g/mol. The van der Waals surface area contributed by atoms with E-state index in [1.807, 2.05) is 0 Å². The van der Waals surface area contributed by atoms with Crippen molar-refractivity contribution in [2.75, 3.05) is 13.2 Å². The van der Waals surface area contributed by atoms with E-state index in [2.05, 4.69) is 57.2 Å². The second-order valence-corrected chi connectivity index (χ2v) is 15.3. The van der Waals surface area contributed by atoms with Crippen LogP contribution in [0.5, 0.6) is 0 Å². The molecule has 0 spiro atoms. The van der Waals surface area contributed by atoms with E-state index < -0.39 is 6.10 Å². The number of carbonyl (C=O) groups is 3. The highest BCUT2D eigenvalue weighted by Gasteiger charge is 2.19. The van der Waals surface area contributed by atoms with Gasteiger partial charge in [-0.25, -0.2) is 0 Å². The van der Waals surface area contributed by atoms with Crippen LogP contribution in [0, 0.1) is 0 Å². The first-order chi connectivity index (χ1) is 26.5. The second kappa shape index (κ2) is 43.4. The topological polar surface area (TPSA) is 78.9 Å². The van der Waals surface area contributed by atoms with Gasteiger partial charge < -0.3 is 14.2 Å². The molecule has 0 aliphatic heterocycles. The molecule has 0 amide bonds. The summed E-state index contributed by atoms with van der Waals surface area (Å²) in [4.78, 5) is 37.6. The largest absolute Gasteiger partial charge is 0.462 e. The summed E-state index contributed by atoms with van der Waals surface area (Å²) in [7, 11) is 0. The van der Waals surface area contributed by atoms with Crippen LogP contribution < -0.4 is 0 Å². The fourth-order valence-corrected chi connectivity index (χ4v) is 6.38. The zero-order chi connectivity index (χ0) is 39.4. The van der Waals surface area contributed by atoms with Gasteiger partial charge in [-0.05, 0) is 64.2 Å². The van der Waals surface area contributed by atoms with Crippen molar-refractivity contribution >= 4 is 17.9 Å². The molecule has 0 aromatic rings. The summed E-state index contributed by atoms with van der Waals surface area (Å²) in [6.45, 7) is 6.53. The molecule has 0 radical (unpaired) electrons. The Hall–Kier alpha value is -2.37. The number of unbranched alkanes of at least 4 members (excludes halogenated alkanes) is 25. The standard InChI is InChI=1S/C48H86O6/c1-4-7-10-13-16-19-20-21-22-23-24-25-26-27-30-32-35-38-41-47(50)53-44-45(54-48(51)42-39-36-33-29-18-15-12-9-6-3)43-52-46(49)40-37-34-31-28-17-14-11-8-5-2/h22-25,29,33,45H,4-21,26-28,30-32,34-44H2,1-3H3/b23-22-,25-24-,33-29-. The minimum absolute atomic E-state index is 0.0869. The van der Waals surface area contributed by atoms with Crippen LogP contribution in [-0.4, -0.2) is 37.2 Å². The molecule has 0 bridgehead atoms. The maximum absolute atomic E-state index is 12.6. The number of rotatable bonds is 41. The Bertz CT molecular complexity index is 922. The molecule has 0 aliphatic rings. The molecule has 1 unspecified atom stereocenters. The van der Waals surface area contributed by atoms with Crippen molar-refractivity contribution in [3.05, 3.63) is 36.5 Å². The van der Waals surface area contributed by atoms with Crippen LogP contribution in [0.15, 0.2) is 36.5 Å². The van der Waals surface area contributed by atoms with Crippen molar-refractivity contribution < 1.29 is 28.6 Å². The summed E-state index contributed by atoms with van der Waals surface area (Å²) in [6, 6.07) is 0. The Morgan fingerprint density at radius 2 is 0.685 bits per heavy atom. The quantitative estimate of drug-likeness (QED) is 0.0203. The van der Waals surface area contributed by atoms with Crippen LogP contribution in [0.2, 0.25) is 0 Å².